The summed E-state index contributed by atoms with van der Waals surface area (Å²) in [5.41, 5.74) is 1.08. The molecule has 82 valence electrons. The number of ether oxygens (including phenoxy) is 1. The zero-order valence-corrected chi connectivity index (χ0v) is 9.63. The lowest BCUT2D eigenvalue weighted by Gasteiger charge is -2.19. The van der Waals surface area contributed by atoms with Gasteiger partial charge in [-0.1, -0.05) is 29.8 Å². The maximum atomic E-state index is 6.11. The third kappa shape index (κ3) is 2.71. The lowest BCUT2D eigenvalue weighted by molar-refractivity contribution is 0.00834. The monoisotopic (exact) mass is 225 g/mol. The fourth-order valence-electron chi connectivity index (χ4n) is 1.91. The molecule has 1 heterocycles. The average molecular weight is 226 g/mol. The van der Waals surface area contributed by atoms with E-state index in [1.54, 1.807) is 0 Å². The van der Waals surface area contributed by atoms with Gasteiger partial charge in [-0.3, -0.25) is 0 Å². The first-order valence-corrected chi connectivity index (χ1v) is 5.76. The molecule has 3 heteroatoms. The molecule has 0 radical (unpaired) electrons. The minimum absolute atomic E-state index is 0.0728. The van der Waals surface area contributed by atoms with Crippen molar-refractivity contribution in [2.45, 2.75) is 25.6 Å². The second kappa shape index (κ2) is 4.97. The van der Waals surface area contributed by atoms with E-state index < -0.39 is 0 Å². The molecule has 1 N–H and O–H groups in total. The van der Waals surface area contributed by atoms with E-state index in [0.717, 1.165) is 30.1 Å². The Kier molecular flexibility index (Phi) is 3.62. The van der Waals surface area contributed by atoms with Gasteiger partial charge in [0.2, 0.25) is 0 Å². The predicted molar refractivity (Wildman–Crippen MR) is 62.2 cm³/mol. The molecule has 1 aliphatic heterocycles. The Balaban J connectivity index is 2.00. The molecule has 0 amide bonds. The van der Waals surface area contributed by atoms with Crippen LogP contribution in [0.25, 0.3) is 0 Å². The van der Waals surface area contributed by atoms with Gasteiger partial charge < -0.3 is 10.1 Å². The van der Waals surface area contributed by atoms with Gasteiger partial charge in [-0.25, -0.2) is 0 Å². The molecular formula is C12H16ClNO. The maximum absolute atomic E-state index is 6.11. The summed E-state index contributed by atoms with van der Waals surface area (Å²) < 4.78 is 5.93. The first-order chi connectivity index (χ1) is 7.27. The summed E-state index contributed by atoms with van der Waals surface area (Å²) in [6.45, 7) is 4.06. The molecule has 1 aliphatic rings. The third-order valence-electron chi connectivity index (χ3n) is 2.75. The molecule has 2 rings (SSSR count). The molecule has 0 unspecified atom stereocenters. The summed E-state index contributed by atoms with van der Waals surface area (Å²) in [5.74, 6) is 0. The van der Waals surface area contributed by atoms with E-state index in [1.165, 1.54) is 0 Å². The van der Waals surface area contributed by atoms with Crippen LogP contribution in [0.2, 0.25) is 5.02 Å². The van der Waals surface area contributed by atoms with Crippen LogP contribution in [0.4, 0.5) is 0 Å². The molecule has 0 bridgehead atoms. The van der Waals surface area contributed by atoms with Gasteiger partial charge in [-0.2, -0.15) is 0 Å². The van der Waals surface area contributed by atoms with E-state index in [2.05, 4.69) is 12.2 Å². The Bertz CT molecular complexity index is 323. The molecule has 0 aliphatic carbocycles. The summed E-state index contributed by atoms with van der Waals surface area (Å²) >= 11 is 6.11. The SMILES string of the molecule is C[C@H](O[C@@H]1CCNC1)c1ccccc1Cl. The van der Waals surface area contributed by atoms with E-state index in [-0.39, 0.29) is 6.10 Å². The minimum atomic E-state index is 0.0728. The van der Waals surface area contributed by atoms with Crippen molar-refractivity contribution < 1.29 is 4.74 Å². The molecule has 1 fully saturated rings. The highest BCUT2D eigenvalue weighted by molar-refractivity contribution is 6.31. The average Bonchev–Trinajstić information content (AvgIpc) is 2.71. The molecule has 1 saturated heterocycles. The number of halogens is 1. The van der Waals surface area contributed by atoms with Crippen molar-refractivity contribution in [2.75, 3.05) is 13.1 Å². The van der Waals surface area contributed by atoms with Gasteiger partial charge >= 0.3 is 0 Å². The zero-order valence-electron chi connectivity index (χ0n) is 8.87. The van der Waals surface area contributed by atoms with Crippen LogP contribution in [0.3, 0.4) is 0 Å². The highest BCUT2D eigenvalue weighted by atomic mass is 35.5. The maximum Gasteiger partial charge on any atom is 0.0815 e. The molecule has 1 aromatic rings. The molecule has 1 aromatic carbocycles. The van der Waals surface area contributed by atoms with Gasteiger partial charge in [0.25, 0.3) is 0 Å². The van der Waals surface area contributed by atoms with Crippen molar-refractivity contribution in [1.29, 1.82) is 0 Å². The van der Waals surface area contributed by atoms with Crippen molar-refractivity contribution in [2.24, 2.45) is 0 Å². The van der Waals surface area contributed by atoms with Gasteiger partial charge in [-0.15, -0.1) is 0 Å². The minimum Gasteiger partial charge on any atom is -0.369 e. The summed E-state index contributed by atoms with van der Waals surface area (Å²) in [5, 5.41) is 4.07. The van der Waals surface area contributed by atoms with E-state index in [1.807, 2.05) is 24.3 Å². The zero-order chi connectivity index (χ0) is 10.7. The number of hydrogen-bond acceptors (Lipinski definition) is 2. The molecule has 15 heavy (non-hydrogen) atoms. The first-order valence-electron chi connectivity index (χ1n) is 5.38. The largest absolute Gasteiger partial charge is 0.369 e. The second-order valence-corrected chi connectivity index (χ2v) is 4.32. The van der Waals surface area contributed by atoms with Crippen molar-refractivity contribution >= 4 is 11.6 Å². The van der Waals surface area contributed by atoms with E-state index in [4.69, 9.17) is 16.3 Å². The van der Waals surface area contributed by atoms with Crippen LogP contribution >= 0.6 is 11.6 Å². The van der Waals surface area contributed by atoms with Crippen molar-refractivity contribution in [3.05, 3.63) is 34.9 Å². The summed E-state index contributed by atoms with van der Waals surface area (Å²) in [6, 6.07) is 7.86. The van der Waals surface area contributed by atoms with E-state index in [0.29, 0.717) is 6.10 Å². The van der Waals surface area contributed by atoms with Gasteiger partial charge in [-0.05, 0) is 31.5 Å². The Labute approximate surface area is 95.6 Å². The van der Waals surface area contributed by atoms with Crippen LogP contribution in [0.5, 0.6) is 0 Å². The quantitative estimate of drug-likeness (QED) is 0.854. The summed E-state index contributed by atoms with van der Waals surface area (Å²) in [6.07, 6.45) is 1.49. The normalized spacial score (nSPS) is 22.9. The lowest BCUT2D eigenvalue weighted by Crippen LogP contribution is -2.18. The smallest absolute Gasteiger partial charge is 0.0815 e. The Morgan fingerprint density at radius 1 is 1.47 bits per heavy atom. The Hall–Kier alpha value is -0.570. The standard InChI is InChI=1S/C12H16ClNO/c1-9(15-10-6-7-14-8-10)11-4-2-3-5-12(11)13/h2-5,9-10,14H,6-8H2,1H3/t9-,10+/m0/s1. The van der Waals surface area contributed by atoms with Crippen LogP contribution in [0.15, 0.2) is 24.3 Å². The fraction of sp³-hybridized carbons (Fsp3) is 0.500. The second-order valence-electron chi connectivity index (χ2n) is 3.91. The van der Waals surface area contributed by atoms with Crippen molar-refractivity contribution in [3.63, 3.8) is 0 Å². The van der Waals surface area contributed by atoms with E-state index >= 15 is 0 Å². The highest BCUT2D eigenvalue weighted by Gasteiger charge is 2.19. The molecule has 2 nitrogen and oxygen atoms in total. The molecule has 0 spiro atoms. The number of rotatable bonds is 3. The number of benzene rings is 1. The first kappa shape index (κ1) is 10.9. The lowest BCUT2D eigenvalue weighted by atomic mass is 10.1. The van der Waals surface area contributed by atoms with Crippen LogP contribution in [0, 0.1) is 0 Å². The van der Waals surface area contributed by atoms with Crippen LogP contribution in [-0.2, 0) is 4.74 Å². The summed E-state index contributed by atoms with van der Waals surface area (Å²) in [7, 11) is 0. The van der Waals surface area contributed by atoms with Gasteiger partial charge in [0.05, 0.1) is 12.2 Å². The molecular weight excluding hydrogens is 210 g/mol. The van der Waals surface area contributed by atoms with Crippen LogP contribution < -0.4 is 5.32 Å². The molecule has 0 saturated carbocycles. The Morgan fingerprint density at radius 2 is 2.27 bits per heavy atom. The summed E-state index contributed by atoms with van der Waals surface area (Å²) in [4.78, 5) is 0. The van der Waals surface area contributed by atoms with Crippen LogP contribution in [-0.4, -0.2) is 19.2 Å². The molecule has 0 aromatic heterocycles. The van der Waals surface area contributed by atoms with Crippen LogP contribution in [0.1, 0.15) is 25.0 Å². The third-order valence-corrected chi connectivity index (χ3v) is 3.10. The van der Waals surface area contributed by atoms with Gasteiger partial charge in [0, 0.05) is 11.6 Å². The van der Waals surface area contributed by atoms with Crippen molar-refractivity contribution in [1.82, 2.24) is 5.32 Å². The number of hydrogen-bond donors (Lipinski definition) is 1. The predicted octanol–water partition coefficient (Wildman–Crippen LogP) is 2.78. The molecule has 2 atom stereocenters. The van der Waals surface area contributed by atoms with Crippen molar-refractivity contribution in [3.8, 4) is 0 Å². The highest BCUT2D eigenvalue weighted by Crippen LogP contribution is 2.26. The number of nitrogens with one attached hydrogen (secondary N) is 1. The Morgan fingerprint density at radius 3 is 2.93 bits per heavy atom. The van der Waals surface area contributed by atoms with E-state index in [9.17, 15) is 0 Å². The van der Waals surface area contributed by atoms with Gasteiger partial charge in [0.1, 0.15) is 0 Å². The topological polar surface area (TPSA) is 21.3 Å². The van der Waals surface area contributed by atoms with Gasteiger partial charge in [0.15, 0.2) is 0 Å². The fourth-order valence-corrected chi connectivity index (χ4v) is 2.20.